The van der Waals surface area contributed by atoms with Crippen LogP contribution in [0.15, 0.2) is 24.3 Å². The van der Waals surface area contributed by atoms with E-state index in [1.54, 1.807) is 7.11 Å². The minimum absolute atomic E-state index is 0.711. The van der Waals surface area contributed by atoms with Crippen molar-refractivity contribution < 1.29 is 4.74 Å². The standard InChI is InChI=1S/C15H23NO/c1-17-12-14-8-6-5-7-13(14)11-16-15-9-3-2-4-10-15/h5-8,15-16H,2-4,9-12H2,1H3. The number of ether oxygens (including phenoxy) is 1. The van der Waals surface area contributed by atoms with Crippen LogP contribution in [0.1, 0.15) is 43.2 Å². The monoisotopic (exact) mass is 233 g/mol. The van der Waals surface area contributed by atoms with Gasteiger partial charge in [0.05, 0.1) is 6.61 Å². The molecule has 1 aromatic rings. The van der Waals surface area contributed by atoms with Crippen LogP contribution in [0.25, 0.3) is 0 Å². The minimum atomic E-state index is 0.711. The number of hydrogen-bond acceptors (Lipinski definition) is 2. The zero-order chi connectivity index (χ0) is 11.9. The van der Waals surface area contributed by atoms with Gasteiger partial charge in [-0.2, -0.15) is 0 Å². The molecule has 0 saturated heterocycles. The van der Waals surface area contributed by atoms with Gasteiger partial charge in [0, 0.05) is 19.7 Å². The highest BCUT2D eigenvalue weighted by molar-refractivity contribution is 5.26. The zero-order valence-electron chi connectivity index (χ0n) is 10.7. The highest BCUT2D eigenvalue weighted by Gasteiger charge is 2.12. The molecule has 94 valence electrons. The summed E-state index contributed by atoms with van der Waals surface area (Å²) in [6.07, 6.45) is 6.87. The SMILES string of the molecule is COCc1ccccc1CNC1CCCCC1. The van der Waals surface area contributed by atoms with E-state index in [1.165, 1.54) is 43.2 Å². The first-order chi connectivity index (χ1) is 8.40. The van der Waals surface area contributed by atoms with Gasteiger partial charge in [-0.05, 0) is 24.0 Å². The molecule has 0 radical (unpaired) electrons. The summed E-state index contributed by atoms with van der Waals surface area (Å²) in [7, 11) is 1.76. The smallest absolute Gasteiger partial charge is 0.0716 e. The maximum Gasteiger partial charge on any atom is 0.0716 e. The van der Waals surface area contributed by atoms with Crippen molar-refractivity contribution in [2.45, 2.75) is 51.3 Å². The van der Waals surface area contributed by atoms with Crippen LogP contribution >= 0.6 is 0 Å². The molecule has 0 amide bonds. The van der Waals surface area contributed by atoms with Crippen LogP contribution < -0.4 is 5.32 Å². The van der Waals surface area contributed by atoms with Crippen LogP contribution in [0.3, 0.4) is 0 Å². The quantitative estimate of drug-likeness (QED) is 0.843. The van der Waals surface area contributed by atoms with Crippen molar-refractivity contribution in [2.24, 2.45) is 0 Å². The molecule has 0 heterocycles. The Morgan fingerprint density at radius 2 is 1.82 bits per heavy atom. The fraction of sp³-hybridized carbons (Fsp3) is 0.600. The van der Waals surface area contributed by atoms with E-state index in [-0.39, 0.29) is 0 Å². The summed E-state index contributed by atoms with van der Waals surface area (Å²) in [5.41, 5.74) is 2.68. The Balaban J connectivity index is 1.88. The molecule has 0 spiro atoms. The molecule has 2 rings (SSSR count). The first kappa shape index (κ1) is 12.6. The normalized spacial score (nSPS) is 17.2. The van der Waals surface area contributed by atoms with E-state index in [1.807, 2.05) is 0 Å². The van der Waals surface area contributed by atoms with Crippen LogP contribution in [0, 0.1) is 0 Å². The molecular weight excluding hydrogens is 210 g/mol. The van der Waals surface area contributed by atoms with E-state index in [9.17, 15) is 0 Å². The highest BCUT2D eigenvalue weighted by atomic mass is 16.5. The highest BCUT2D eigenvalue weighted by Crippen LogP contribution is 2.18. The van der Waals surface area contributed by atoms with Crippen molar-refractivity contribution in [1.29, 1.82) is 0 Å². The van der Waals surface area contributed by atoms with Crippen LogP contribution in [0.4, 0.5) is 0 Å². The van der Waals surface area contributed by atoms with Gasteiger partial charge in [-0.1, -0.05) is 43.5 Å². The van der Waals surface area contributed by atoms with E-state index in [4.69, 9.17) is 4.74 Å². The average Bonchev–Trinajstić information content (AvgIpc) is 2.39. The second-order valence-electron chi connectivity index (χ2n) is 4.92. The Morgan fingerprint density at radius 3 is 2.53 bits per heavy atom. The van der Waals surface area contributed by atoms with E-state index < -0.39 is 0 Å². The van der Waals surface area contributed by atoms with E-state index in [0.717, 1.165) is 12.6 Å². The van der Waals surface area contributed by atoms with Crippen LogP contribution in [-0.2, 0) is 17.9 Å². The molecular formula is C15H23NO. The molecule has 1 fully saturated rings. The summed E-state index contributed by atoms with van der Waals surface area (Å²) in [6.45, 7) is 1.69. The number of methoxy groups -OCH3 is 1. The van der Waals surface area contributed by atoms with Gasteiger partial charge in [0.25, 0.3) is 0 Å². The summed E-state index contributed by atoms with van der Waals surface area (Å²) in [6, 6.07) is 9.26. The average molecular weight is 233 g/mol. The van der Waals surface area contributed by atoms with Gasteiger partial charge in [-0.15, -0.1) is 0 Å². The summed E-state index contributed by atoms with van der Waals surface area (Å²) in [4.78, 5) is 0. The largest absolute Gasteiger partial charge is 0.380 e. The topological polar surface area (TPSA) is 21.3 Å². The molecule has 1 aromatic carbocycles. The summed E-state index contributed by atoms with van der Waals surface area (Å²) < 4.78 is 5.23. The van der Waals surface area contributed by atoms with Gasteiger partial charge in [0.15, 0.2) is 0 Å². The number of nitrogens with one attached hydrogen (secondary N) is 1. The number of hydrogen-bond donors (Lipinski definition) is 1. The lowest BCUT2D eigenvalue weighted by Crippen LogP contribution is -2.30. The second kappa shape index (κ2) is 6.77. The predicted molar refractivity (Wildman–Crippen MR) is 70.9 cm³/mol. The fourth-order valence-corrected chi connectivity index (χ4v) is 2.59. The molecule has 0 aromatic heterocycles. The maximum absolute atomic E-state index is 5.23. The van der Waals surface area contributed by atoms with Crippen molar-refractivity contribution >= 4 is 0 Å². The van der Waals surface area contributed by atoms with Crippen molar-refractivity contribution in [2.75, 3.05) is 7.11 Å². The Bertz CT molecular complexity index is 331. The number of rotatable bonds is 5. The summed E-state index contributed by atoms with van der Waals surface area (Å²) in [5.74, 6) is 0. The van der Waals surface area contributed by atoms with Gasteiger partial charge in [0.2, 0.25) is 0 Å². The van der Waals surface area contributed by atoms with E-state index in [0.29, 0.717) is 6.61 Å². The third kappa shape index (κ3) is 3.83. The lowest BCUT2D eigenvalue weighted by atomic mass is 9.95. The van der Waals surface area contributed by atoms with Gasteiger partial charge >= 0.3 is 0 Å². The van der Waals surface area contributed by atoms with Gasteiger partial charge in [-0.25, -0.2) is 0 Å². The zero-order valence-corrected chi connectivity index (χ0v) is 10.7. The molecule has 0 unspecified atom stereocenters. The van der Waals surface area contributed by atoms with Crippen LogP contribution in [0.5, 0.6) is 0 Å². The molecule has 0 atom stereocenters. The Morgan fingerprint density at radius 1 is 1.12 bits per heavy atom. The first-order valence-corrected chi connectivity index (χ1v) is 6.69. The molecule has 0 bridgehead atoms. The lowest BCUT2D eigenvalue weighted by molar-refractivity contribution is 0.184. The third-order valence-electron chi connectivity index (χ3n) is 3.60. The first-order valence-electron chi connectivity index (χ1n) is 6.69. The second-order valence-corrected chi connectivity index (χ2v) is 4.92. The fourth-order valence-electron chi connectivity index (χ4n) is 2.59. The molecule has 1 saturated carbocycles. The van der Waals surface area contributed by atoms with Gasteiger partial charge in [0.1, 0.15) is 0 Å². The Kier molecular flexibility index (Phi) is 5.02. The molecule has 1 N–H and O–H groups in total. The maximum atomic E-state index is 5.23. The lowest BCUT2D eigenvalue weighted by Gasteiger charge is -2.23. The van der Waals surface area contributed by atoms with E-state index in [2.05, 4.69) is 29.6 Å². The van der Waals surface area contributed by atoms with Crippen LogP contribution in [-0.4, -0.2) is 13.2 Å². The Hall–Kier alpha value is -0.860. The van der Waals surface area contributed by atoms with Crippen LogP contribution in [0.2, 0.25) is 0 Å². The predicted octanol–water partition coefficient (Wildman–Crippen LogP) is 3.26. The number of benzene rings is 1. The van der Waals surface area contributed by atoms with Gasteiger partial charge < -0.3 is 10.1 Å². The van der Waals surface area contributed by atoms with Crippen molar-refractivity contribution in [3.05, 3.63) is 35.4 Å². The Labute approximate surface area is 104 Å². The van der Waals surface area contributed by atoms with Crippen molar-refractivity contribution in [1.82, 2.24) is 5.32 Å². The molecule has 17 heavy (non-hydrogen) atoms. The molecule has 1 aliphatic carbocycles. The molecule has 0 aliphatic heterocycles. The third-order valence-corrected chi connectivity index (χ3v) is 3.60. The van der Waals surface area contributed by atoms with E-state index >= 15 is 0 Å². The summed E-state index contributed by atoms with van der Waals surface area (Å²) in [5, 5.41) is 3.68. The molecule has 2 nitrogen and oxygen atoms in total. The van der Waals surface area contributed by atoms with Gasteiger partial charge in [-0.3, -0.25) is 0 Å². The molecule has 1 aliphatic rings. The van der Waals surface area contributed by atoms with Crippen molar-refractivity contribution in [3.63, 3.8) is 0 Å². The minimum Gasteiger partial charge on any atom is -0.380 e. The van der Waals surface area contributed by atoms with Crippen molar-refractivity contribution in [3.8, 4) is 0 Å². The summed E-state index contributed by atoms with van der Waals surface area (Å²) >= 11 is 0. The molecule has 2 heteroatoms.